The number of hydrogen-bond donors (Lipinski definition) is 0. The maximum Gasteiger partial charge on any atom is 0.306 e. The Balaban J connectivity index is 4.29. The van der Waals surface area contributed by atoms with Crippen LogP contribution >= 0.6 is 7.82 Å². The highest BCUT2D eigenvalue weighted by Crippen LogP contribution is 2.38. The van der Waals surface area contributed by atoms with Gasteiger partial charge in [0.15, 0.2) is 0 Å². The average molecular weight is 608 g/mol. The third kappa shape index (κ3) is 30.8. The summed E-state index contributed by atoms with van der Waals surface area (Å²) >= 11 is 0. The van der Waals surface area contributed by atoms with Gasteiger partial charge < -0.3 is 27.9 Å². The molecule has 0 N–H and O–H groups in total. The van der Waals surface area contributed by atoms with Crippen LogP contribution in [0.15, 0.2) is 0 Å². The van der Waals surface area contributed by atoms with Crippen LogP contribution in [0.5, 0.6) is 0 Å². The number of carbonyl (C=O) groups excluding carboxylic acids is 1. The minimum atomic E-state index is -4.50. The molecule has 0 amide bonds. The Hall–Kier alpha value is -0.500. The molecule has 0 aliphatic carbocycles. The van der Waals surface area contributed by atoms with E-state index in [1.165, 1.54) is 89.9 Å². The molecule has 0 aromatic carbocycles. The van der Waals surface area contributed by atoms with Crippen LogP contribution in [-0.4, -0.2) is 70.7 Å². The standard InChI is InChI=1S/C32H66NO7P/c1-6-8-10-12-14-15-16-17-18-20-22-24-27-37-29-31(30-39-41(35,36)38-28-26-33(3,4)5)40-32(34)25-23-21-19-13-11-9-7-2/h31H,6-30H2,1-5H3/t31-/m1/s1. The second-order valence-corrected chi connectivity index (χ2v) is 13.9. The third-order valence-corrected chi connectivity index (χ3v) is 8.12. The maximum atomic E-state index is 12.4. The Kier molecular flexibility index (Phi) is 26.7. The summed E-state index contributed by atoms with van der Waals surface area (Å²) in [5, 5.41) is 0. The van der Waals surface area contributed by atoms with Crippen LogP contribution < -0.4 is 4.89 Å². The summed E-state index contributed by atoms with van der Waals surface area (Å²) in [5.74, 6) is -0.340. The summed E-state index contributed by atoms with van der Waals surface area (Å²) in [6.45, 7) is 5.37. The number of ether oxygens (including phenoxy) is 2. The lowest BCUT2D eigenvalue weighted by atomic mass is 10.1. The van der Waals surface area contributed by atoms with Crippen LogP contribution in [-0.2, 0) is 27.9 Å². The van der Waals surface area contributed by atoms with Gasteiger partial charge in [0.05, 0.1) is 34.4 Å². The highest BCUT2D eigenvalue weighted by atomic mass is 31.2. The monoisotopic (exact) mass is 607 g/mol. The molecule has 0 spiro atoms. The van der Waals surface area contributed by atoms with E-state index in [4.69, 9.17) is 18.5 Å². The molecule has 0 aliphatic rings. The molecule has 0 saturated carbocycles. The van der Waals surface area contributed by atoms with Gasteiger partial charge in [-0.05, 0) is 12.8 Å². The maximum absolute atomic E-state index is 12.4. The van der Waals surface area contributed by atoms with Crippen molar-refractivity contribution in [3.63, 3.8) is 0 Å². The van der Waals surface area contributed by atoms with Crippen molar-refractivity contribution in [1.82, 2.24) is 0 Å². The Morgan fingerprint density at radius 2 is 1.12 bits per heavy atom. The van der Waals surface area contributed by atoms with Gasteiger partial charge in [-0.25, -0.2) is 0 Å². The van der Waals surface area contributed by atoms with Crippen LogP contribution in [0.4, 0.5) is 0 Å². The first-order valence-corrected chi connectivity index (χ1v) is 18.2. The molecule has 0 aromatic heterocycles. The van der Waals surface area contributed by atoms with Crippen LogP contribution in [0.1, 0.15) is 142 Å². The molecule has 0 heterocycles. The summed E-state index contributed by atoms with van der Waals surface area (Å²) in [6.07, 6.45) is 22.6. The van der Waals surface area contributed by atoms with Gasteiger partial charge in [-0.3, -0.25) is 9.36 Å². The van der Waals surface area contributed by atoms with Crippen molar-refractivity contribution < 1.29 is 37.3 Å². The van der Waals surface area contributed by atoms with Crippen molar-refractivity contribution in [3.05, 3.63) is 0 Å². The first-order valence-electron chi connectivity index (χ1n) is 16.8. The summed E-state index contributed by atoms with van der Waals surface area (Å²) < 4.78 is 34.2. The number of carbonyl (C=O) groups is 1. The molecule has 2 atom stereocenters. The Morgan fingerprint density at radius 3 is 1.61 bits per heavy atom. The molecule has 8 nitrogen and oxygen atoms in total. The van der Waals surface area contributed by atoms with Crippen molar-refractivity contribution in [3.8, 4) is 0 Å². The molecule has 0 rings (SSSR count). The lowest BCUT2D eigenvalue weighted by molar-refractivity contribution is -0.870. The van der Waals surface area contributed by atoms with E-state index < -0.39 is 13.9 Å². The summed E-state index contributed by atoms with van der Waals surface area (Å²) in [5.41, 5.74) is 0. The SMILES string of the molecule is CCCCCCCCCCCCCCOC[C@H](COP(=O)([O-])OCC[N+](C)(C)C)OC(=O)CCCCCCCCC. The molecule has 0 fully saturated rings. The number of nitrogens with zero attached hydrogens (tertiary/aromatic N) is 1. The molecule has 0 bridgehead atoms. The normalized spacial score (nSPS) is 14.2. The molecule has 1 unspecified atom stereocenters. The Labute approximate surface area is 253 Å². The third-order valence-electron chi connectivity index (χ3n) is 7.16. The second-order valence-electron chi connectivity index (χ2n) is 12.5. The fourth-order valence-corrected chi connectivity index (χ4v) is 5.21. The van der Waals surface area contributed by atoms with E-state index in [-0.39, 0.29) is 25.8 Å². The number of likely N-dealkylation sites (N-methyl/N-ethyl adjacent to an activating group) is 1. The molecule has 246 valence electrons. The van der Waals surface area contributed by atoms with Crippen molar-refractivity contribution in [2.45, 2.75) is 148 Å². The largest absolute Gasteiger partial charge is 0.756 e. The van der Waals surface area contributed by atoms with Crippen LogP contribution in [0.25, 0.3) is 0 Å². The van der Waals surface area contributed by atoms with E-state index in [2.05, 4.69) is 13.8 Å². The highest BCUT2D eigenvalue weighted by Gasteiger charge is 2.20. The van der Waals surface area contributed by atoms with Crippen molar-refractivity contribution in [1.29, 1.82) is 0 Å². The van der Waals surface area contributed by atoms with Gasteiger partial charge in [0.2, 0.25) is 0 Å². The Morgan fingerprint density at radius 1 is 0.659 bits per heavy atom. The zero-order chi connectivity index (χ0) is 30.7. The van der Waals surface area contributed by atoms with Crippen molar-refractivity contribution in [2.24, 2.45) is 0 Å². The van der Waals surface area contributed by atoms with Crippen LogP contribution in [0.2, 0.25) is 0 Å². The van der Waals surface area contributed by atoms with Crippen molar-refractivity contribution in [2.75, 3.05) is 54.1 Å². The first-order chi connectivity index (χ1) is 19.6. The van der Waals surface area contributed by atoms with Gasteiger partial charge in [0.1, 0.15) is 19.3 Å². The molecule has 0 aliphatic heterocycles. The van der Waals surface area contributed by atoms with Gasteiger partial charge >= 0.3 is 5.97 Å². The van der Waals surface area contributed by atoms with Gasteiger partial charge in [-0.15, -0.1) is 0 Å². The molecular formula is C32H66NO7P. The van der Waals surface area contributed by atoms with Gasteiger partial charge in [-0.2, -0.15) is 0 Å². The fraction of sp³-hybridized carbons (Fsp3) is 0.969. The summed E-state index contributed by atoms with van der Waals surface area (Å²) in [4.78, 5) is 24.7. The van der Waals surface area contributed by atoms with E-state index in [0.29, 0.717) is 24.1 Å². The zero-order valence-electron chi connectivity index (χ0n) is 27.5. The number of hydrogen-bond acceptors (Lipinski definition) is 7. The lowest BCUT2D eigenvalue weighted by Crippen LogP contribution is -2.37. The predicted molar refractivity (Wildman–Crippen MR) is 167 cm³/mol. The number of phosphoric ester groups is 1. The summed E-state index contributed by atoms with van der Waals surface area (Å²) in [7, 11) is 1.36. The number of esters is 1. The van der Waals surface area contributed by atoms with E-state index in [1.54, 1.807) is 0 Å². The van der Waals surface area contributed by atoms with Gasteiger partial charge in [-0.1, -0.05) is 123 Å². The van der Waals surface area contributed by atoms with Gasteiger partial charge in [0, 0.05) is 13.0 Å². The van der Waals surface area contributed by atoms with Crippen molar-refractivity contribution >= 4 is 13.8 Å². The quantitative estimate of drug-likeness (QED) is 0.0341. The van der Waals surface area contributed by atoms with Crippen LogP contribution in [0.3, 0.4) is 0 Å². The number of unbranched alkanes of at least 4 members (excludes halogenated alkanes) is 17. The smallest absolute Gasteiger partial charge is 0.306 e. The second kappa shape index (κ2) is 27.1. The summed E-state index contributed by atoms with van der Waals surface area (Å²) in [6, 6.07) is 0. The minimum Gasteiger partial charge on any atom is -0.756 e. The molecule has 9 heteroatoms. The average Bonchev–Trinajstić information content (AvgIpc) is 2.90. The Bertz CT molecular complexity index is 642. The van der Waals surface area contributed by atoms with E-state index in [1.807, 2.05) is 21.1 Å². The molecule has 0 saturated heterocycles. The molecular weight excluding hydrogens is 541 g/mol. The lowest BCUT2D eigenvalue weighted by Gasteiger charge is -2.28. The zero-order valence-corrected chi connectivity index (χ0v) is 28.4. The van der Waals surface area contributed by atoms with E-state index in [9.17, 15) is 14.3 Å². The minimum absolute atomic E-state index is 0.0302. The topological polar surface area (TPSA) is 94.1 Å². The number of quaternary nitrogens is 1. The highest BCUT2D eigenvalue weighted by molar-refractivity contribution is 7.45. The fourth-order valence-electron chi connectivity index (χ4n) is 4.49. The van der Waals surface area contributed by atoms with Gasteiger partial charge in [0.25, 0.3) is 7.82 Å². The number of rotatable bonds is 31. The van der Waals surface area contributed by atoms with E-state index >= 15 is 0 Å². The molecule has 41 heavy (non-hydrogen) atoms. The first kappa shape index (κ1) is 40.5. The predicted octanol–water partition coefficient (Wildman–Crippen LogP) is 7.96. The van der Waals surface area contributed by atoms with E-state index in [0.717, 1.165) is 32.1 Å². The number of phosphoric acid groups is 1. The molecule has 0 radical (unpaired) electrons. The van der Waals surface area contributed by atoms with Crippen LogP contribution in [0, 0.1) is 0 Å². The molecule has 0 aromatic rings.